The minimum atomic E-state index is -1.47. The Hall–Kier alpha value is -1.33. The van der Waals surface area contributed by atoms with Gasteiger partial charge >= 0.3 is 0 Å². The Bertz CT molecular complexity index is 621. The molecule has 2 aromatic carbocycles. The highest BCUT2D eigenvalue weighted by molar-refractivity contribution is 9.10. The van der Waals surface area contributed by atoms with Gasteiger partial charge in [0.15, 0.2) is 0 Å². The minimum Gasteiger partial charge on any atom is -0.385 e. The van der Waals surface area contributed by atoms with Crippen LogP contribution in [-0.4, -0.2) is 5.11 Å². The molecule has 0 amide bonds. The second-order valence-corrected chi connectivity index (χ2v) is 5.70. The molecule has 1 nitrogen and oxygen atoms in total. The molecule has 106 valence electrons. The zero-order valence-electron chi connectivity index (χ0n) is 10.6. The molecule has 0 bridgehead atoms. The van der Waals surface area contributed by atoms with Crippen molar-refractivity contribution in [3.05, 3.63) is 69.4 Å². The van der Waals surface area contributed by atoms with Crippen LogP contribution in [0.4, 0.5) is 13.2 Å². The third-order valence-electron chi connectivity index (χ3n) is 3.03. The molecule has 0 radical (unpaired) electrons. The lowest BCUT2D eigenvalue weighted by Crippen LogP contribution is -2.25. The highest BCUT2D eigenvalue weighted by atomic mass is 79.9. The molecule has 1 atom stereocenters. The van der Waals surface area contributed by atoms with Crippen LogP contribution < -0.4 is 0 Å². The van der Waals surface area contributed by atoms with Crippen molar-refractivity contribution in [3.63, 3.8) is 0 Å². The van der Waals surface area contributed by atoms with Crippen LogP contribution in [0.15, 0.2) is 40.9 Å². The lowest BCUT2D eigenvalue weighted by atomic mass is 9.89. The molecule has 2 aromatic rings. The fourth-order valence-electron chi connectivity index (χ4n) is 2.00. The molecular weight excluding hydrogens is 333 g/mol. The van der Waals surface area contributed by atoms with Crippen molar-refractivity contribution in [1.29, 1.82) is 0 Å². The molecular formula is C15H12BrF3O. The van der Waals surface area contributed by atoms with Crippen molar-refractivity contribution >= 4 is 15.9 Å². The van der Waals surface area contributed by atoms with Gasteiger partial charge in [-0.15, -0.1) is 0 Å². The van der Waals surface area contributed by atoms with Gasteiger partial charge in [-0.2, -0.15) is 0 Å². The van der Waals surface area contributed by atoms with Crippen LogP contribution in [0.1, 0.15) is 18.1 Å². The van der Waals surface area contributed by atoms with Crippen LogP contribution in [-0.2, 0) is 12.0 Å². The van der Waals surface area contributed by atoms with Gasteiger partial charge in [0, 0.05) is 17.0 Å². The Labute approximate surface area is 123 Å². The van der Waals surface area contributed by atoms with Gasteiger partial charge in [-0.05, 0) is 42.3 Å². The van der Waals surface area contributed by atoms with E-state index in [-0.39, 0.29) is 12.0 Å². The van der Waals surface area contributed by atoms with Crippen molar-refractivity contribution in [1.82, 2.24) is 0 Å². The maximum atomic E-state index is 13.2. The first-order valence-corrected chi connectivity index (χ1v) is 6.70. The van der Waals surface area contributed by atoms with Crippen molar-refractivity contribution in [2.45, 2.75) is 18.9 Å². The summed E-state index contributed by atoms with van der Waals surface area (Å²) in [5, 5.41) is 10.4. The SMILES string of the molecule is CC(O)(Cc1ccc(F)cc1Br)c1cc(F)cc(F)c1. The molecule has 5 heteroatoms. The van der Waals surface area contributed by atoms with Crippen molar-refractivity contribution < 1.29 is 18.3 Å². The fraction of sp³-hybridized carbons (Fsp3) is 0.200. The number of rotatable bonds is 3. The van der Waals surface area contributed by atoms with Gasteiger partial charge in [-0.3, -0.25) is 0 Å². The van der Waals surface area contributed by atoms with E-state index in [1.807, 2.05) is 0 Å². The summed E-state index contributed by atoms with van der Waals surface area (Å²) >= 11 is 3.20. The highest BCUT2D eigenvalue weighted by Gasteiger charge is 2.26. The summed E-state index contributed by atoms with van der Waals surface area (Å²) in [5.74, 6) is -1.91. The van der Waals surface area contributed by atoms with E-state index in [1.165, 1.54) is 25.1 Å². The van der Waals surface area contributed by atoms with Crippen molar-refractivity contribution in [3.8, 4) is 0 Å². The second kappa shape index (κ2) is 5.58. The van der Waals surface area contributed by atoms with Gasteiger partial charge < -0.3 is 5.11 Å². The standard InChI is InChI=1S/C15H12BrF3O/c1-15(20,10-4-12(18)6-13(19)5-10)8-9-2-3-11(17)7-14(9)16/h2-7,20H,8H2,1H3. The first-order valence-electron chi connectivity index (χ1n) is 5.91. The lowest BCUT2D eigenvalue weighted by Gasteiger charge is -2.24. The number of hydrogen-bond donors (Lipinski definition) is 1. The van der Waals surface area contributed by atoms with Gasteiger partial charge in [0.2, 0.25) is 0 Å². The fourth-order valence-corrected chi connectivity index (χ4v) is 2.49. The Morgan fingerprint density at radius 1 is 1.00 bits per heavy atom. The van der Waals surface area contributed by atoms with E-state index in [9.17, 15) is 18.3 Å². The van der Waals surface area contributed by atoms with E-state index in [2.05, 4.69) is 15.9 Å². The summed E-state index contributed by atoms with van der Waals surface area (Å²) in [5.41, 5.74) is -0.698. The lowest BCUT2D eigenvalue weighted by molar-refractivity contribution is 0.0567. The summed E-state index contributed by atoms with van der Waals surface area (Å²) in [6.07, 6.45) is 0.0940. The van der Waals surface area contributed by atoms with Crippen LogP contribution in [0.25, 0.3) is 0 Å². The molecule has 0 aliphatic heterocycles. The van der Waals surface area contributed by atoms with E-state index < -0.39 is 23.1 Å². The number of aliphatic hydroxyl groups is 1. The van der Waals surface area contributed by atoms with Crippen LogP contribution >= 0.6 is 15.9 Å². The molecule has 2 rings (SSSR count). The molecule has 0 saturated heterocycles. The summed E-state index contributed by atoms with van der Waals surface area (Å²) in [7, 11) is 0. The number of hydrogen-bond acceptors (Lipinski definition) is 1. The van der Waals surface area contributed by atoms with Gasteiger partial charge in [0.1, 0.15) is 17.5 Å². The Balaban J connectivity index is 2.34. The predicted molar refractivity (Wildman–Crippen MR) is 73.7 cm³/mol. The Morgan fingerprint density at radius 3 is 2.15 bits per heavy atom. The normalized spacial score (nSPS) is 14.1. The van der Waals surface area contributed by atoms with E-state index in [0.29, 0.717) is 10.0 Å². The molecule has 0 fully saturated rings. The molecule has 0 aliphatic rings. The monoisotopic (exact) mass is 344 g/mol. The topological polar surface area (TPSA) is 20.2 Å². The van der Waals surface area contributed by atoms with Crippen LogP contribution in [0.2, 0.25) is 0 Å². The van der Waals surface area contributed by atoms with Crippen molar-refractivity contribution in [2.24, 2.45) is 0 Å². The van der Waals surface area contributed by atoms with Gasteiger partial charge in [-0.1, -0.05) is 22.0 Å². The summed E-state index contributed by atoms with van der Waals surface area (Å²) in [6, 6.07) is 6.97. The smallest absolute Gasteiger partial charge is 0.126 e. The molecule has 0 aromatic heterocycles. The van der Waals surface area contributed by atoms with Crippen molar-refractivity contribution in [2.75, 3.05) is 0 Å². The predicted octanol–water partition coefficient (Wildman–Crippen LogP) is 4.32. The quantitative estimate of drug-likeness (QED) is 0.879. The van der Waals surface area contributed by atoms with Gasteiger partial charge in [-0.25, -0.2) is 13.2 Å². The molecule has 0 aliphatic carbocycles. The molecule has 0 heterocycles. The van der Waals surface area contributed by atoms with E-state index in [4.69, 9.17) is 0 Å². The van der Waals surface area contributed by atoms with E-state index in [0.717, 1.165) is 18.2 Å². The molecule has 0 saturated carbocycles. The average molecular weight is 345 g/mol. The summed E-state index contributed by atoms with van der Waals surface area (Å²) < 4.78 is 40.0. The third kappa shape index (κ3) is 3.41. The van der Waals surface area contributed by atoms with E-state index >= 15 is 0 Å². The Morgan fingerprint density at radius 2 is 1.60 bits per heavy atom. The third-order valence-corrected chi connectivity index (χ3v) is 3.77. The second-order valence-electron chi connectivity index (χ2n) is 4.84. The average Bonchev–Trinajstić information content (AvgIpc) is 2.31. The summed E-state index contributed by atoms with van der Waals surface area (Å²) in [4.78, 5) is 0. The minimum absolute atomic E-state index is 0.0940. The van der Waals surface area contributed by atoms with Crippen LogP contribution in [0.5, 0.6) is 0 Å². The Kier molecular flexibility index (Phi) is 4.20. The summed E-state index contributed by atoms with van der Waals surface area (Å²) in [6.45, 7) is 1.46. The highest BCUT2D eigenvalue weighted by Crippen LogP contribution is 2.30. The number of halogens is 4. The zero-order valence-corrected chi connectivity index (χ0v) is 12.2. The van der Waals surface area contributed by atoms with Gasteiger partial charge in [0.05, 0.1) is 5.60 Å². The zero-order chi connectivity index (χ0) is 14.9. The van der Waals surface area contributed by atoms with Crippen LogP contribution in [0.3, 0.4) is 0 Å². The van der Waals surface area contributed by atoms with Crippen LogP contribution in [0, 0.1) is 17.5 Å². The molecule has 20 heavy (non-hydrogen) atoms. The van der Waals surface area contributed by atoms with E-state index in [1.54, 1.807) is 0 Å². The first-order chi connectivity index (χ1) is 9.28. The maximum Gasteiger partial charge on any atom is 0.126 e. The maximum absolute atomic E-state index is 13.2. The number of benzene rings is 2. The first kappa shape index (κ1) is 15.1. The molecule has 0 spiro atoms. The molecule has 1 N–H and O–H groups in total. The molecule has 1 unspecified atom stereocenters. The largest absolute Gasteiger partial charge is 0.385 e. The van der Waals surface area contributed by atoms with Gasteiger partial charge in [0.25, 0.3) is 0 Å².